The zero-order chi connectivity index (χ0) is 7.56. The summed E-state index contributed by atoms with van der Waals surface area (Å²) >= 11 is 5.16. The van der Waals surface area contributed by atoms with Gasteiger partial charge < -0.3 is 0 Å². The van der Waals surface area contributed by atoms with E-state index in [4.69, 9.17) is 11.6 Å². The molecule has 0 saturated carbocycles. The van der Waals surface area contributed by atoms with Gasteiger partial charge in [0, 0.05) is 0 Å². The largest absolute Gasteiger partial charge is 0.274 e. The molecular weight excluding hydrogens is 152 g/mol. The van der Waals surface area contributed by atoms with Gasteiger partial charge in [-0.05, 0) is 24.1 Å². The van der Waals surface area contributed by atoms with Crippen molar-refractivity contribution in [3.05, 3.63) is 17.5 Å². The summed E-state index contributed by atoms with van der Waals surface area (Å²) in [5.74, 6) is 0. The number of rotatable bonds is 2. The predicted molar refractivity (Wildman–Crippen MR) is 38.1 cm³/mol. The Morgan fingerprint density at radius 3 is 2.90 bits per heavy atom. The first kappa shape index (κ1) is 7.28. The SMILES string of the molecule is CCc1cc(C(=O)Cl)[nH]n1. The van der Waals surface area contributed by atoms with Crippen LogP contribution in [0.4, 0.5) is 0 Å². The molecule has 0 amide bonds. The van der Waals surface area contributed by atoms with Crippen LogP contribution < -0.4 is 0 Å². The van der Waals surface area contributed by atoms with Crippen molar-refractivity contribution in [2.45, 2.75) is 13.3 Å². The molecule has 54 valence electrons. The Hall–Kier alpha value is -0.830. The molecule has 1 N–H and O–H groups in total. The van der Waals surface area contributed by atoms with Gasteiger partial charge in [-0.3, -0.25) is 9.89 Å². The fraction of sp³-hybridized carbons (Fsp3) is 0.333. The monoisotopic (exact) mass is 158 g/mol. The van der Waals surface area contributed by atoms with E-state index in [9.17, 15) is 4.79 Å². The lowest BCUT2D eigenvalue weighted by Crippen LogP contribution is -1.86. The highest BCUT2D eigenvalue weighted by Gasteiger charge is 2.04. The van der Waals surface area contributed by atoms with Gasteiger partial charge in [-0.2, -0.15) is 5.10 Å². The van der Waals surface area contributed by atoms with E-state index < -0.39 is 5.24 Å². The van der Waals surface area contributed by atoms with E-state index >= 15 is 0 Å². The summed E-state index contributed by atoms with van der Waals surface area (Å²) in [6, 6.07) is 1.65. The first-order valence-electron chi connectivity index (χ1n) is 2.98. The summed E-state index contributed by atoms with van der Waals surface area (Å²) in [5, 5.41) is 5.86. The summed E-state index contributed by atoms with van der Waals surface area (Å²) in [4.78, 5) is 10.5. The molecule has 0 aliphatic heterocycles. The Kier molecular flexibility index (Phi) is 2.06. The molecule has 0 unspecified atom stereocenters. The fourth-order valence-electron chi connectivity index (χ4n) is 0.645. The van der Waals surface area contributed by atoms with Crippen LogP contribution in [-0.2, 0) is 6.42 Å². The molecule has 0 saturated heterocycles. The first-order valence-corrected chi connectivity index (χ1v) is 3.36. The van der Waals surface area contributed by atoms with E-state index in [1.165, 1.54) is 0 Å². The summed E-state index contributed by atoms with van der Waals surface area (Å²) < 4.78 is 0. The third-order valence-electron chi connectivity index (χ3n) is 1.20. The normalized spacial score (nSPS) is 9.80. The number of aromatic nitrogens is 2. The van der Waals surface area contributed by atoms with Crippen LogP contribution in [0, 0.1) is 0 Å². The maximum absolute atomic E-state index is 10.5. The van der Waals surface area contributed by atoms with Crippen molar-refractivity contribution in [2.75, 3.05) is 0 Å². The summed E-state index contributed by atoms with van der Waals surface area (Å²) in [5.41, 5.74) is 1.21. The number of nitrogens with zero attached hydrogens (tertiary/aromatic N) is 1. The molecular formula is C6H7ClN2O. The molecule has 0 spiro atoms. The maximum atomic E-state index is 10.5. The van der Waals surface area contributed by atoms with E-state index in [-0.39, 0.29) is 0 Å². The molecule has 3 nitrogen and oxygen atoms in total. The van der Waals surface area contributed by atoms with Gasteiger partial charge in [0.25, 0.3) is 5.24 Å². The summed E-state index contributed by atoms with van der Waals surface area (Å²) in [7, 11) is 0. The van der Waals surface area contributed by atoms with E-state index in [1.54, 1.807) is 6.07 Å². The number of carbonyl (C=O) groups is 1. The Morgan fingerprint density at radius 2 is 2.60 bits per heavy atom. The topological polar surface area (TPSA) is 45.8 Å². The standard InChI is InChI=1S/C6H7ClN2O/c1-2-4-3-5(6(7)10)9-8-4/h3H,2H2,1H3,(H,8,9). The van der Waals surface area contributed by atoms with Crippen LogP contribution in [0.5, 0.6) is 0 Å². The molecule has 1 heterocycles. The Labute approximate surface area is 63.4 Å². The summed E-state index contributed by atoms with van der Waals surface area (Å²) in [6.45, 7) is 1.96. The number of halogens is 1. The molecule has 1 rings (SSSR count). The quantitative estimate of drug-likeness (QED) is 0.661. The van der Waals surface area contributed by atoms with Gasteiger partial charge in [-0.15, -0.1) is 0 Å². The molecule has 4 heteroatoms. The van der Waals surface area contributed by atoms with Crippen molar-refractivity contribution in [3.8, 4) is 0 Å². The number of nitrogens with one attached hydrogen (secondary N) is 1. The van der Waals surface area contributed by atoms with Crippen molar-refractivity contribution < 1.29 is 4.79 Å². The lowest BCUT2D eigenvalue weighted by Gasteiger charge is -1.79. The van der Waals surface area contributed by atoms with Gasteiger partial charge in [0.1, 0.15) is 5.69 Å². The van der Waals surface area contributed by atoms with Gasteiger partial charge in [0.15, 0.2) is 0 Å². The van der Waals surface area contributed by atoms with Crippen LogP contribution in [0.25, 0.3) is 0 Å². The minimum Gasteiger partial charge on any atom is -0.274 e. The van der Waals surface area contributed by atoms with Gasteiger partial charge in [-0.1, -0.05) is 6.92 Å². The zero-order valence-corrected chi connectivity index (χ0v) is 6.27. The average molecular weight is 159 g/mol. The van der Waals surface area contributed by atoms with Gasteiger partial charge >= 0.3 is 0 Å². The predicted octanol–water partition coefficient (Wildman–Crippen LogP) is 1.35. The van der Waals surface area contributed by atoms with Gasteiger partial charge in [0.05, 0.1) is 5.69 Å². The molecule has 0 aromatic carbocycles. The Bertz CT molecular complexity index is 244. The van der Waals surface area contributed by atoms with Crippen molar-refractivity contribution in [1.82, 2.24) is 10.2 Å². The molecule has 10 heavy (non-hydrogen) atoms. The lowest BCUT2D eigenvalue weighted by molar-refractivity contribution is 0.107. The Balaban J connectivity index is 2.88. The Morgan fingerprint density at radius 1 is 1.90 bits per heavy atom. The van der Waals surface area contributed by atoms with E-state index in [0.29, 0.717) is 5.69 Å². The molecule has 0 aliphatic carbocycles. The molecule has 1 aromatic heterocycles. The second-order valence-electron chi connectivity index (χ2n) is 1.90. The molecule has 1 aromatic rings. The summed E-state index contributed by atoms with van der Waals surface area (Å²) in [6.07, 6.45) is 0.806. The van der Waals surface area contributed by atoms with Crippen molar-refractivity contribution >= 4 is 16.8 Å². The first-order chi connectivity index (χ1) is 4.74. The number of aryl methyl sites for hydroxylation is 1. The minimum absolute atomic E-state index is 0.360. The lowest BCUT2D eigenvalue weighted by atomic mass is 10.3. The third kappa shape index (κ3) is 1.36. The van der Waals surface area contributed by atoms with Crippen LogP contribution >= 0.6 is 11.6 Å². The van der Waals surface area contributed by atoms with Crippen LogP contribution in [0.1, 0.15) is 23.1 Å². The molecule has 0 atom stereocenters. The second-order valence-corrected chi connectivity index (χ2v) is 2.24. The number of carbonyl (C=O) groups excluding carboxylic acids is 1. The van der Waals surface area contributed by atoms with Crippen LogP contribution in [0.15, 0.2) is 6.07 Å². The fourth-order valence-corrected chi connectivity index (χ4v) is 0.742. The highest BCUT2D eigenvalue weighted by atomic mass is 35.5. The van der Waals surface area contributed by atoms with Crippen LogP contribution in [0.2, 0.25) is 0 Å². The second kappa shape index (κ2) is 2.84. The minimum atomic E-state index is -0.493. The van der Waals surface area contributed by atoms with Crippen LogP contribution in [0.3, 0.4) is 0 Å². The van der Waals surface area contributed by atoms with E-state index in [0.717, 1.165) is 12.1 Å². The number of aromatic amines is 1. The van der Waals surface area contributed by atoms with Crippen LogP contribution in [-0.4, -0.2) is 15.4 Å². The van der Waals surface area contributed by atoms with Crippen molar-refractivity contribution in [1.29, 1.82) is 0 Å². The third-order valence-corrected chi connectivity index (χ3v) is 1.41. The highest BCUT2D eigenvalue weighted by molar-refractivity contribution is 6.67. The molecule has 0 radical (unpaired) electrons. The number of hydrogen-bond acceptors (Lipinski definition) is 2. The van der Waals surface area contributed by atoms with Gasteiger partial charge in [0.2, 0.25) is 0 Å². The van der Waals surface area contributed by atoms with E-state index in [2.05, 4.69) is 10.2 Å². The molecule has 0 bridgehead atoms. The highest BCUT2D eigenvalue weighted by Crippen LogP contribution is 2.02. The van der Waals surface area contributed by atoms with E-state index in [1.807, 2.05) is 6.92 Å². The zero-order valence-electron chi connectivity index (χ0n) is 5.52. The number of H-pyrrole nitrogens is 1. The number of hydrogen-bond donors (Lipinski definition) is 1. The van der Waals surface area contributed by atoms with Crippen molar-refractivity contribution in [2.24, 2.45) is 0 Å². The molecule has 0 fully saturated rings. The average Bonchev–Trinajstić information content (AvgIpc) is 2.34. The van der Waals surface area contributed by atoms with Gasteiger partial charge in [-0.25, -0.2) is 0 Å². The maximum Gasteiger partial charge on any atom is 0.270 e. The smallest absolute Gasteiger partial charge is 0.270 e. The van der Waals surface area contributed by atoms with Crippen molar-refractivity contribution in [3.63, 3.8) is 0 Å². The molecule has 0 aliphatic rings.